The highest BCUT2D eigenvalue weighted by Crippen LogP contribution is 2.40. The van der Waals surface area contributed by atoms with E-state index in [9.17, 15) is 5.11 Å². The minimum Gasteiger partial charge on any atom is -0.392 e. The summed E-state index contributed by atoms with van der Waals surface area (Å²) in [5.41, 5.74) is 6.03. The maximum Gasteiger partial charge on any atom is 0.0670 e. The third kappa shape index (κ3) is 2.93. The Kier molecular flexibility index (Phi) is 4.16. The van der Waals surface area contributed by atoms with Crippen LogP contribution in [0.3, 0.4) is 0 Å². The Bertz CT molecular complexity index is 144. The molecule has 3 nitrogen and oxygen atoms in total. The van der Waals surface area contributed by atoms with Gasteiger partial charge in [0, 0.05) is 6.54 Å². The number of aliphatic hydroxyl groups is 1. The Labute approximate surface area is 80.7 Å². The van der Waals surface area contributed by atoms with Gasteiger partial charge in [-0.1, -0.05) is 12.8 Å². The lowest BCUT2D eigenvalue weighted by Crippen LogP contribution is -2.35. The van der Waals surface area contributed by atoms with Crippen molar-refractivity contribution in [2.75, 3.05) is 20.1 Å². The lowest BCUT2D eigenvalue weighted by molar-refractivity contribution is 0.103. The Morgan fingerprint density at radius 3 is 2.54 bits per heavy atom. The summed E-state index contributed by atoms with van der Waals surface area (Å²) in [5, 5.41) is 12.7. The van der Waals surface area contributed by atoms with E-state index < -0.39 is 0 Å². The molecule has 1 atom stereocenters. The Balaban J connectivity index is 2.38. The molecule has 0 unspecified atom stereocenters. The van der Waals surface area contributed by atoms with Crippen molar-refractivity contribution >= 4 is 0 Å². The highest BCUT2D eigenvalue weighted by Gasteiger charge is 2.34. The lowest BCUT2D eigenvalue weighted by atomic mass is 9.81. The molecule has 0 aromatic carbocycles. The summed E-state index contributed by atoms with van der Waals surface area (Å²) in [6.45, 7) is 1.41. The van der Waals surface area contributed by atoms with Gasteiger partial charge in [0.15, 0.2) is 0 Å². The molecule has 0 saturated heterocycles. The van der Waals surface area contributed by atoms with Crippen LogP contribution in [-0.4, -0.2) is 31.3 Å². The van der Waals surface area contributed by atoms with Gasteiger partial charge in [-0.15, -0.1) is 0 Å². The predicted molar refractivity (Wildman–Crippen MR) is 54.5 cm³/mol. The summed E-state index contributed by atoms with van der Waals surface area (Å²) < 4.78 is 0. The summed E-state index contributed by atoms with van der Waals surface area (Å²) in [6, 6.07) is 0. The van der Waals surface area contributed by atoms with E-state index in [4.69, 9.17) is 5.73 Å². The van der Waals surface area contributed by atoms with Gasteiger partial charge in [0.05, 0.1) is 6.10 Å². The van der Waals surface area contributed by atoms with Crippen LogP contribution in [0.4, 0.5) is 0 Å². The third-order valence-corrected chi connectivity index (χ3v) is 3.21. The Morgan fingerprint density at radius 1 is 1.46 bits per heavy atom. The first-order valence-electron chi connectivity index (χ1n) is 5.25. The van der Waals surface area contributed by atoms with Crippen LogP contribution in [0.25, 0.3) is 0 Å². The zero-order valence-corrected chi connectivity index (χ0v) is 8.55. The van der Waals surface area contributed by atoms with E-state index >= 15 is 0 Å². The zero-order valence-electron chi connectivity index (χ0n) is 8.55. The van der Waals surface area contributed by atoms with Crippen molar-refractivity contribution in [3.05, 3.63) is 0 Å². The summed E-state index contributed by atoms with van der Waals surface area (Å²) >= 11 is 0. The number of rotatable bonds is 5. The molecule has 13 heavy (non-hydrogen) atoms. The van der Waals surface area contributed by atoms with E-state index in [-0.39, 0.29) is 11.5 Å². The van der Waals surface area contributed by atoms with E-state index in [2.05, 4.69) is 5.32 Å². The van der Waals surface area contributed by atoms with Crippen molar-refractivity contribution in [2.45, 2.75) is 38.2 Å². The van der Waals surface area contributed by atoms with Crippen molar-refractivity contribution in [1.29, 1.82) is 0 Å². The molecule has 0 amide bonds. The first-order valence-corrected chi connectivity index (χ1v) is 5.25. The van der Waals surface area contributed by atoms with E-state index in [0.717, 1.165) is 13.0 Å². The normalized spacial score (nSPS) is 23.3. The lowest BCUT2D eigenvalue weighted by Gasteiger charge is -2.29. The smallest absolute Gasteiger partial charge is 0.0670 e. The van der Waals surface area contributed by atoms with E-state index in [0.29, 0.717) is 6.54 Å². The van der Waals surface area contributed by atoms with Crippen molar-refractivity contribution in [3.63, 3.8) is 0 Å². The molecule has 1 aliphatic carbocycles. The van der Waals surface area contributed by atoms with E-state index in [1.165, 1.54) is 25.7 Å². The second-order valence-electron chi connectivity index (χ2n) is 4.33. The van der Waals surface area contributed by atoms with Gasteiger partial charge in [0.25, 0.3) is 0 Å². The van der Waals surface area contributed by atoms with Gasteiger partial charge in [0.1, 0.15) is 0 Å². The molecule has 0 aliphatic heterocycles. The number of aliphatic hydroxyl groups excluding tert-OH is 1. The van der Waals surface area contributed by atoms with Crippen LogP contribution in [-0.2, 0) is 0 Å². The van der Waals surface area contributed by atoms with Crippen LogP contribution in [0.5, 0.6) is 0 Å². The first-order chi connectivity index (χ1) is 6.22. The van der Waals surface area contributed by atoms with Gasteiger partial charge in [0.2, 0.25) is 0 Å². The van der Waals surface area contributed by atoms with Gasteiger partial charge < -0.3 is 16.2 Å². The fourth-order valence-electron chi connectivity index (χ4n) is 2.42. The van der Waals surface area contributed by atoms with Gasteiger partial charge in [-0.2, -0.15) is 0 Å². The molecular formula is C10H22N2O. The van der Waals surface area contributed by atoms with Crippen LogP contribution in [0, 0.1) is 5.41 Å². The first kappa shape index (κ1) is 11.0. The van der Waals surface area contributed by atoms with Crippen LogP contribution < -0.4 is 11.1 Å². The molecule has 1 rings (SSSR count). The molecule has 4 N–H and O–H groups in total. The van der Waals surface area contributed by atoms with Gasteiger partial charge in [-0.3, -0.25) is 0 Å². The fourth-order valence-corrected chi connectivity index (χ4v) is 2.42. The highest BCUT2D eigenvalue weighted by molar-refractivity contribution is 4.87. The molecule has 0 spiro atoms. The average molecular weight is 186 g/mol. The predicted octanol–water partition coefficient (Wildman–Crippen LogP) is 0.476. The second kappa shape index (κ2) is 4.94. The Hall–Kier alpha value is -0.120. The van der Waals surface area contributed by atoms with Crippen LogP contribution in [0.1, 0.15) is 32.1 Å². The maximum absolute atomic E-state index is 9.69. The van der Waals surface area contributed by atoms with E-state index in [1.54, 1.807) is 0 Å². The van der Waals surface area contributed by atoms with Crippen molar-refractivity contribution < 1.29 is 5.11 Å². The number of hydrogen-bond acceptors (Lipinski definition) is 3. The fraction of sp³-hybridized carbons (Fsp3) is 1.00. The molecule has 0 radical (unpaired) electrons. The zero-order chi connectivity index (χ0) is 9.73. The largest absolute Gasteiger partial charge is 0.392 e. The molecule has 1 aliphatic rings. The van der Waals surface area contributed by atoms with Crippen LogP contribution in [0.15, 0.2) is 0 Å². The number of hydrogen-bond donors (Lipinski definition) is 3. The Morgan fingerprint density at radius 2 is 2.08 bits per heavy atom. The summed E-state index contributed by atoms with van der Waals surface area (Å²) in [6.07, 6.45) is 5.60. The highest BCUT2D eigenvalue weighted by atomic mass is 16.3. The minimum absolute atomic E-state index is 0.230. The molecule has 0 aromatic heterocycles. The van der Waals surface area contributed by atoms with E-state index in [1.807, 2.05) is 7.05 Å². The average Bonchev–Trinajstić information content (AvgIpc) is 2.54. The maximum atomic E-state index is 9.69. The summed E-state index contributed by atoms with van der Waals surface area (Å²) in [5.74, 6) is 0. The number of nitrogens with one attached hydrogen (secondary N) is 1. The molecule has 3 heteroatoms. The van der Waals surface area contributed by atoms with Gasteiger partial charge in [-0.25, -0.2) is 0 Å². The minimum atomic E-state index is -0.230. The number of nitrogens with two attached hydrogens (primary N) is 1. The van der Waals surface area contributed by atoms with Crippen molar-refractivity contribution in [3.8, 4) is 0 Å². The molecule has 1 saturated carbocycles. The topological polar surface area (TPSA) is 58.3 Å². The SMILES string of the molecule is CNC[C@@H](O)CC1(CN)CCCC1. The molecule has 1 fully saturated rings. The molecule has 0 aromatic rings. The van der Waals surface area contributed by atoms with Crippen molar-refractivity contribution in [1.82, 2.24) is 5.32 Å². The molecular weight excluding hydrogens is 164 g/mol. The monoisotopic (exact) mass is 186 g/mol. The summed E-state index contributed by atoms with van der Waals surface area (Å²) in [4.78, 5) is 0. The van der Waals surface area contributed by atoms with Crippen molar-refractivity contribution in [2.24, 2.45) is 11.1 Å². The quantitative estimate of drug-likeness (QED) is 0.585. The summed E-state index contributed by atoms with van der Waals surface area (Å²) in [7, 11) is 1.87. The van der Waals surface area contributed by atoms with Crippen LogP contribution >= 0.6 is 0 Å². The molecule has 0 bridgehead atoms. The standard InChI is InChI=1S/C10H22N2O/c1-12-7-9(13)6-10(8-11)4-2-3-5-10/h9,12-13H,2-8,11H2,1H3/t9-/m0/s1. The molecule has 78 valence electrons. The second-order valence-corrected chi connectivity index (χ2v) is 4.33. The third-order valence-electron chi connectivity index (χ3n) is 3.21. The van der Waals surface area contributed by atoms with Gasteiger partial charge in [-0.05, 0) is 38.3 Å². The van der Waals surface area contributed by atoms with Gasteiger partial charge >= 0.3 is 0 Å². The number of likely N-dealkylation sites (N-methyl/N-ethyl adjacent to an activating group) is 1. The molecule has 0 heterocycles. The van der Waals surface area contributed by atoms with Crippen LogP contribution in [0.2, 0.25) is 0 Å².